The number of carbonyl (C=O) groups is 1. The Morgan fingerprint density at radius 2 is 1.47 bits per heavy atom. The normalized spacial score (nSPS) is 12.2. The van der Waals surface area contributed by atoms with Crippen molar-refractivity contribution < 1.29 is 14.3 Å². The largest absolute Gasteiger partial charge is 0.393 e. The van der Waals surface area contributed by atoms with Crippen molar-refractivity contribution in [3.63, 3.8) is 0 Å². The Bertz CT molecular complexity index is 1340. The predicted molar refractivity (Wildman–Crippen MR) is 154 cm³/mol. The lowest BCUT2D eigenvalue weighted by Gasteiger charge is -2.20. The van der Waals surface area contributed by atoms with Crippen LogP contribution in [-0.2, 0) is 6.54 Å². The van der Waals surface area contributed by atoms with Gasteiger partial charge >= 0.3 is 0 Å². The number of anilines is 1. The highest BCUT2D eigenvalue weighted by molar-refractivity contribution is 6.12. The highest BCUT2D eigenvalue weighted by atomic mass is 19.1. The van der Waals surface area contributed by atoms with Gasteiger partial charge in [0.25, 0.3) is 5.91 Å². The summed E-state index contributed by atoms with van der Waals surface area (Å²) in [5, 5.41) is 13.9. The minimum atomic E-state index is -0.458. The van der Waals surface area contributed by atoms with E-state index in [0.29, 0.717) is 30.9 Å². The van der Waals surface area contributed by atoms with E-state index in [2.05, 4.69) is 37.6 Å². The van der Waals surface area contributed by atoms with E-state index < -0.39 is 6.10 Å². The van der Waals surface area contributed by atoms with E-state index in [9.17, 15) is 14.3 Å². The van der Waals surface area contributed by atoms with E-state index in [1.54, 1.807) is 12.1 Å². The van der Waals surface area contributed by atoms with Gasteiger partial charge in [0.1, 0.15) is 5.82 Å². The number of amides is 1. The number of carbonyl (C=O) groups excluding carboxylic acids is 1. The topological polar surface area (TPSA) is 54.3 Å². The fourth-order valence-electron chi connectivity index (χ4n) is 5.15. The molecule has 2 N–H and O–H groups in total. The molecule has 198 valence electrons. The van der Waals surface area contributed by atoms with Gasteiger partial charge in [-0.2, -0.15) is 0 Å². The summed E-state index contributed by atoms with van der Waals surface area (Å²) in [4.78, 5) is 14.0. The number of benzene rings is 3. The number of rotatable bonds is 10. The van der Waals surface area contributed by atoms with Crippen LogP contribution in [0.1, 0.15) is 62.5 Å². The summed E-state index contributed by atoms with van der Waals surface area (Å²) in [6, 6.07) is 25.7. The molecule has 1 heterocycles. The van der Waals surface area contributed by atoms with Crippen LogP contribution in [0.3, 0.4) is 0 Å². The number of nitrogens with zero attached hydrogens (tertiary/aromatic N) is 1. The van der Waals surface area contributed by atoms with E-state index >= 15 is 0 Å². The monoisotopic (exact) mass is 512 g/mol. The first kappa shape index (κ1) is 27.3. The zero-order valence-corrected chi connectivity index (χ0v) is 22.6. The molecule has 4 nitrogen and oxygen atoms in total. The molecule has 4 rings (SSSR count). The Labute approximate surface area is 225 Å². The van der Waals surface area contributed by atoms with Crippen molar-refractivity contribution in [2.75, 3.05) is 5.32 Å². The number of aromatic nitrogens is 1. The number of para-hydroxylation sites is 1. The number of hydrogen-bond acceptors (Lipinski definition) is 2. The van der Waals surface area contributed by atoms with Gasteiger partial charge in [-0.3, -0.25) is 4.79 Å². The fourth-order valence-corrected chi connectivity index (χ4v) is 5.15. The number of hydrogen-bond donors (Lipinski definition) is 2. The quantitative estimate of drug-likeness (QED) is 0.225. The zero-order chi connectivity index (χ0) is 27.2. The molecule has 3 aromatic carbocycles. The van der Waals surface area contributed by atoms with Crippen LogP contribution in [0.5, 0.6) is 0 Å². The molecule has 0 saturated heterocycles. The Kier molecular flexibility index (Phi) is 8.80. The first-order valence-electron chi connectivity index (χ1n) is 13.4. The summed E-state index contributed by atoms with van der Waals surface area (Å²) in [7, 11) is 0. The van der Waals surface area contributed by atoms with Gasteiger partial charge in [-0.05, 0) is 72.2 Å². The van der Waals surface area contributed by atoms with E-state index in [1.807, 2.05) is 60.7 Å². The fraction of sp³-hybridized carbons (Fsp3) is 0.303. The minimum Gasteiger partial charge on any atom is -0.393 e. The number of nitrogens with one attached hydrogen (secondary N) is 1. The molecule has 0 bridgehead atoms. The molecule has 5 heteroatoms. The van der Waals surface area contributed by atoms with E-state index in [-0.39, 0.29) is 17.6 Å². The lowest BCUT2D eigenvalue weighted by Crippen LogP contribution is -2.18. The second-order valence-corrected chi connectivity index (χ2v) is 10.6. The van der Waals surface area contributed by atoms with Crippen LogP contribution < -0.4 is 5.32 Å². The molecule has 1 amide bonds. The SMILES string of the molecule is CC(C)C[C@H](O)CCn1c(-c2ccc(F)cc2)c(-c2ccccc2)c(C(=O)Nc2ccccc2)c1C(C)C. The van der Waals surface area contributed by atoms with Crippen molar-refractivity contribution >= 4 is 11.6 Å². The van der Waals surface area contributed by atoms with Crippen molar-refractivity contribution in [1.29, 1.82) is 0 Å². The summed E-state index contributed by atoms with van der Waals surface area (Å²) in [5.41, 5.74) is 5.62. The maximum absolute atomic E-state index is 14.0. The standard InChI is InChI=1S/C33H37FN2O2/c1-22(2)21-28(37)19-20-36-31(23(3)4)30(33(38)35-27-13-9-6-10-14-27)29(24-11-7-5-8-12-24)32(36)25-15-17-26(34)18-16-25/h5-18,22-23,28,37H,19-21H2,1-4H3,(H,35,38)/t28-/m1/s1. The first-order chi connectivity index (χ1) is 18.3. The molecular formula is C33H37FN2O2. The zero-order valence-electron chi connectivity index (χ0n) is 22.6. The number of halogens is 1. The molecule has 38 heavy (non-hydrogen) atoms. The summed E-state index contributed by atoms with van der Waals surface area (Å²) in [6.07, 6.45) is 0.798. The van der Waals surface area contributed by atoms with Crippen LogP contribution in [-0.4, -0.2) is 21.7 Å². The molecule has 0 aliphatic heterocycles. The van der Waals surface area contributed by atoms with Crippen LogP contribution in [0.4, 0.5) is 10.1 Å². The Hall–Kier alpha value is -3.70. The van der Waals surface area contributed by atoms with Gasteiger partial charge in [0, 0.05) is 23.5 Å². The summed E-state index contributed by atoms with van der Waals surface area (Å²) in [6.45, 7) is 8.90. The summed E-state index contributed by atoms with van der Waals surface area (Å²) < 4.78 is 16.2. The van der Waals surface area contributed by atoms with Crippen molar-refractivity contribution in [3.05, 3.63) is 102 Å². The number of aliphatic hydroxyl groups is 1. The summed E-state index contributed by atoms with van der Waals surface area (Å²) in [5.74, 6) is -0.108. The third-order valence-corrected chi connectivity index (χ3v) is 6.72. The maximum atomic E-state index is 14.0. The highest BCUT2D eigenvalue weighted by Crippen LogP contribution is 2.42. The first-order valence-corrected chi connectivity index (χ1v) is 13.4. The second kappa shape index (κ2) is 12.2. The van der Waals surface area contributed by atoms with Gasteiger partial charge in [-0.1, -0.05) is 76.2 Å². The summed E-state index contributed by atoms with van der Waals surface area (Å²) >= 11 is 0. The lowest BCUT2D eigenvalue weighted by atomic mass is 9.94. The van der Waals surface area contributed by atoms with Crippen molar-refractivity contribution in [2.45, 2.75) is 59.1 Å². The average molecular weight is 513 g/mol. The van der Waals surface area contributed by atoms with Crippen molar-refractivity contribution in [3.8, 4) is 22.4 Å². The third kappa shape index (κ3) is 6.22. The van der Waals surface area contributed by atoms with Gasteiger partial charge in [-0.25, -0.2) is 4.39 Å². The Balaban J connectivity index is 1.97. The van der Waals surface area contributed by atoms with Crippen LogP contribution >= 0.6 is 0 Å². The molecule has 0 spiro atoms. The lowest BCUT2D eigenvalue weighted by molar-refractivity contribution is 0.102. The Morgan fingerprint density at radius 1 is 0.868 bits per heavy atom. The van der Waals surface area contributed by atoms with Gasteiger partial charge in [0.05, 0.1) is 17.4 Å². The van der Waals surface area contributed by atoms with Gasteiger partial charge in [0.2, 0.25) is 0 Å². The molecule has 1 aromatic heterocycles. The third-order valence-electron chi connectivity index (χ3n) is 6.72. The van der Waals surface area contributed by atoms with Gasteiger partial charge in [0.15, 0.2) is 0 Å². The van der Waals surface area contributed by atoms with E-state index in [1.165, 1.54) is 12.1 Å². The maximum Gasteiger partial charge on any atom is 0.258 e. The smallest absolute Gasteiger partial charge is 0.258 e. The molecular weight excluding hydrogens is 475 g/mol. The van der Waals surface area contributed by atoms with Crippen LogP contribution in [0.2, 0.25) is 0 Å². The van der Waals surface area contributed by atoms with E-state index in [0.717, 1.165) is 33.8 Å². The van der Waals surface area contributed by atoms with Crippen LogP contribution in [0.15, 0.2) is 84.9 Å². The average Bonchev–Trinajstić information content (AvgIpc) is 3.24. The van der Waals surface area contributed by atoms with Crippen molar-refractivity contribution in [1.82, 2.24) is 4.57 Å². The van der Waals surface area contributed by atoms with Gasteiger partial charge < -0.3 is 15.0 Å². The Morgan fingerprint density at radius 3 is 2.05 bits per heavy atom. The molecule has 0 radical (unpaired) electrons. The van der Waals surface area contributed by atoms with Crippen LogP contribution in [0, 0.1) is 11.7 Å². The highest BCUT2D eigenvalue weighted by Gasteiger charge is 2.30. The van der Waals surface area contributed by atoms with Crippen LogP contribution in [0.25, 0.3) is 22.4 Å². The molecule has 4 aromatic rings. The van der Waals surface area contributed by atoms with E-state index in [4.69, 9.17) is 0 Å². The molecule has 0 unspecified atom stereocenters. The molecule has 0 saturated carbocycles. The predicted octanol–water partition coefficient (Wildman–Crippen LogP) is 8.13. The molecule has 0 aliphatic rings. The second-order valence-electron chi connectivity index (χ2n) is 10.6. The molecule has 1 atom stereocenters. The number of aliphatic hydroxyl groups excluding tert-OH is 1. The molecule has 0 fully saturated rings. The minimum absolute atomic E-state index is 0.0189. The van der Waals surface area contributed by atoms with Gasteiger partial charge in [-0.15, -0.1) is 0 Å². The molecule has 0 aliphatic carbocycles. The van der Waals surface area contributed by atoms with Crippen molar-refractivity contribution in [2.24, 2.45) is 5.92 Å².